The molecule has 0 radical (unpaired) electrons. The van der Waals surface area contributed by atoms with Crippen LogP contribution in [0.15, 0.2) is 41.1 Å². The summed E-state index contributed by atoms with van der Waals surface area (Å²) in [6.07, 6.45) is 4.76. The lowest BCUT2D eigenvalue weighted by Gasteiger charge is -2.26. The highest BCUT2D eigenvalue weighted by molar-refractivity contribution is 9.10. The highest BCUT2D eigenvalue weighted by Crippen LogP contribution is 2.24. The summed E-state index contributed by atoms with van der Waals surface area (Å²) in [5, 5.41) is 3.20. The van der Waals surface area contributed by atoms with Crippen LogP contribution in [-0.2, 0) is 0 Å². The summed E-state index contributed by atoms with van der Waals surface area (Å²) in [5.41, 5.74) is 1.34. The van der Waals surface area contributed by atoms with Gasteiger partial charge < -0.3 is 10.2 Å². The highest BCUT2D eigenvalue weighted by Gasteiger charge is 2.19. The Bertz CT molecular complexity index is 671. The van der Waals surface area contributed by atoms with Crippen molar-refractivity contribution < 1.29 is 4.79 Å². The number of anilines is 2. The second-order valence-electron chi connectivity index (χ2n) is 5.25. The maximum absolute atomic E-state index is 12.5. The van der Waals surface area contributed by atoms with Crippen LogP contribution in [0.1, 0.15) is 29.8 Å². The summed E-state index contributed by atoms with van der Waals surface area (Å²) in [5.74, 6) is 0.597. The first-order valence-electron chi connectivity index (χ1n) is 7.37. The number of aromatic nitrogens is 2. The van der Waals surface area contributed by atoms with E-state index in [-0.39, 0.29) is 5.91 Å². The quantitative estimate of drug-likeness (QED) is 0.908. The van der Waals surface area contributed by atoms with Crippen molar-refractivity contribution in [1.29, 1.82) is 0 Å². The zero-order valence-corrected chi connectivity index (χ0v) is 13.7. The number of para-hydroxylation sites is 1. The van der Waals surface area contributed by atoms with Crippen LogP contribution in [0, 0.1) is 0 Å². The van der Waals surface area contributed by atoms with Crippen molar-refractivity contribution >= 4 is 33.3 Å². The number of nitrogens with one attached hydrogen (secondary N) is 1. The zero-order chi connectivity index (χ0) is 15.4. The van der Waals surface area contributed by atoms with Gasteiger partial charge in [0, 0.05) is 23.6 Å². The van der Waals surface area contributed by atoms with Crippen molar-refractivity contribution in [1.82, 2.24) is 14.9 Å². The number of hydrogen-bond donors (Lipinski definition) is 1. The molecule has 22 heavy (non-hydrogen) atoms. The van der Waals surface area contributed by atoms with Gasteiger partial charge in [0.05, 0.1) is 5.69 Å². The van der Waals surface area contributed by atoms with Gasteiger partial charge in [0.1, 0.15) is 17.8 Å². The molecule has 114 valence electrons. The normalized spacial score (nSPS) is 14.7. The predicted octanol–water partition coefficient (Wildman–Crippen LogP) is 3.61. The summed E-state index contributed by atoms with van der Waals surface area (Å²) in [4.78, 5) is 22.7. The Morgan fingerprint density at radius 1 is 1.14 bits per heavy atom. The molecule has 0 unspecified atom stereocenters. The van der Waals surface area contributed by atoms with Gasteiger partial charge in [-0.25, -0.2) is 9.97 Å². The number of carbonyl (C=O) groups is 1. The molecule has 0 spiro atoms. The van der Waals surface area contributed by atoms with Crippen LogP contribution in [0.25, 0.3) is 0 Å². The fraction of sp³-hybridized carbons (Fsp3) is 0.312. The third-order valence-corrected chi connectivity index (χ3v) is 4.36. The predicted molar refractivity (Wildman–Crippen MR) is 89.2 cm³/mol. The minimum absolute atomic E-state index is 0.0164. The van der Waals surface area contributed by atoms with Crippen molar-refractivity contribution in [3.63, 3.8) is 0 Å². The highest BCUT2D eigenvalue weighted by atomic mass is 79.9. The van der Waals surface area contributed by atoms with Crippen molar-refractivity contribution in [2.45, 2.75) is 19.3 Å². The maximum atomic E-state index is 12.5. The molecule has 3 rings (SSSR count). The van der Waals surface area contributed by atoms with Gasteiger partial charge in [-0.1, -0.05) is 12.1 Å². The number of likely N-dealkylation sites (tertiary alicyclic amines) is 1. The Kier molecular flexibility index (Phi) is 4.68. The fourth-order valence-electron chi connectivity index (χ4n) is 2.50. The number of hydrogen-bond acceptors (Lipinski definition) is 4. The van der Waals surface area contributed by atoms with E-state index in [1.165, 1.54) is 12.7 Å². The second kappa shape index (κ2) is 6.87. The lowest BCUT2D eigenvalue weighted by Crippen LogP contribution is -2.36. The smallest absolute Gasteiger partial charge is 0.272 e. The van der Waals surface area contributed by atoms with Gasteiger partial charge in [0.15, 0.2) is 0 Å². The molecule has 2 aromatic rings. The van der Waals surface area contributed by atoms with E-state index in [2.05, 4.69) is 31.2 Å². The van der Waals surface area contributed by atoms with Crippen LogP contribution >= 0.6 is 15.9 Å². The zero-order valence-electron chi connectivity index (χ0n) is 12.1. The largest absolute Gasteiger partial charge is 0.339 e. The average molecular weight is 361 g/mol. The molecular formula is C16H17BrN4O. The number of benzene rings is 1. The summed E-state index contributed by atoms with van der Waals surface area (Å²) in [6, 6.07) is 9.48. The number of amides is 1. The van der Waals surface area contributed by atoms with Gasteiger partial charge in [-0.2, -0.15) is 0 Å². The van der Waals surface area contributed by atoms with Crippen LogP contribution in [0.2, 0.25) is 0 Å². The molecule has 0 aliphatic carbocycles. The number of halogens is 1. The molecule has 0 saturated carbocycles. The minimum Gasteiger partial charge on any atom is -0.339 e. The molecule has 1 saturated heterocycles. The number of rotatable bonds is 3. The molecule has 1 fully saturated rings. The Labute approximate surface area is 137 Å². The molecule has 0 atom stereocenters. The molecule has 1 aromatic heterocycles. The van der Waals surface area contributed by atoms with Crippen molar-refractivity contribution in [2.24, 2.45) is 0 Å². The van der Waals surface area contributed by atoms with Crippen LogP contribution in [-0.4, -0.2) is 33.9 Å². The second-order valence-corrected chi connectivity index (χ2v) is 6.10. The third kappa shape index (κ3) is 3.44. The van der Waals surface area contributed by atoms with Crippen molar-refractivity contribution in [3.8, 4) is 0 Å². The molecule has 1 amide bonds. The minimum atomic E-state index is -0.0164. The Morgan fingerprint density at radius 3 is 2.68 bits per heavy atom. The number of piperidine rings is 1. The van der Waals surface area contributed by atoms with Gasteiger partial charge >= 0.3 is 0 Å². The first-order valence-corrected chi connectivity index (χ1v) is 8.16. The fourth-order valence-corrected chi connectivity index (χ4v) is 2.89. The number of nitrogens with zero attached hydrogens (tertiary/aromatic N) is 3. The van der Waals surface area contributed by atoms with Crippen molar-refractivity contribution in [3.05, 3.63) is 46.8 Å². The summed E-state index contributed by atoms with van der Waals surface area (Å²) < 4.78 is 0.942. The molecular weight excluding hydrogens is 344 g/mol. The maximum Gasteiger partial charge on any atom is 0.272 e. The van der Waals surface area contributed by atoms with E-state index < -0.39 is 0 Å². The van der Waals surface area contributed by atoms with Crippen molar-refractivity contribution in [2.75, 3.05) is 18.4 Å². The molecule has 6 heteroatoms. The first kappa shape index (κ1) is 15.0. The summed E-state index contributed by atoms with van der Waals surface area (Å²) in [6.45, 7) is 1.63. The van der Waals surface area contributed by atoms with E-state index in [1.54, 1.807) is 6.07 Å². The Hall–Kier alpha value is -1.95. The molecule has 1 N–H and O–H groups in total. The van der Waals surface area contributed by atoms with E-state index in [0.717, 1.165) is 36.1 Å². The van der Waals surface area contributed by atoms with Crippen LogP contribution in [0.5, 0.6) is 0 Å². The topological polar surface area (TPSA) is 58.1 Å². The van der Waals surface area contributed by atoms with Crippen LogP contribution in [0.3, 0.4) is 0 Å². The van der Waals surface area contributed by atoms with Gasteiger partial charge in [-0.15, -0.1) is 0 Å². The van der Waals surface area contributed by atoms with E-state index in [0.29, 0.717) is 11.5 Å². The van der Waals surface area contributed by atoms with Gasteiger partial charge in [-0.3, -0.25) is 4.79 Å². The van der Waals surface area contributed by atoms with E-state index in [9.17, 15) is 4.79 Å². The summed E-state index contributed by atoms with van der Waals surface area (Å²) >= 11 is 3.48. The van der Waals surface area contributed by atoms with Gasteiger partial charge in [0.2, 0.25) is 0 Å². The van der Waals surface area contributed by atoms with E-state index in [4.69, 9.17) is 0 Å². The molecule has 1 aromatic carbocycles. The lowest BCUT2D eigenvalue weighted by molar-refractivity contribution is 0.0718. The van der Waals surface area contributed by atoms with E-state index in [1.807, 2.05) is 29.2 Å². The van der Waals surface area contributed by atoms with E-state index >= 15 is 0 Å². The third-order valence-electron chi connectivity index (χ3n) is 3.67. The van der Waals surface area contributed by atoms with Crippen LogP contribution in [0.4, 0.5) is 11.5 Å². The first-order chi connectivity index (χ1) is 10.7. The molecule has 2 heterocycles. The Balaban J connectivity index is 1.77. The van der Waals surface area contributed by atoms with Gasteiger partial charge in [-0.05, 0) is 47.3 Å². The number of carbonyl (C=O) groups excluding carboxylic acids is 1. The molecule has 1 aliphatic heterocycles. The molecule has 1 aliphatic rings. The lowest BCUT2D eigenvalue weighted by atomic mass is 10.1. The summed E-state index contributed by atoms with van der Waals surface area (Å²) in [7, 11) is 0. The Morgan fingerprint density at radius 2 is 1.91 bits per heavy atom. The monoisotopic (exact) mass is 360 g/mol. The molecule has 5 nitrogen and oxygen atoms in total. The van der Waals surface area contributed by atoms with Crippen LogP contribution < -0.4 is 5.32 Å². The molecule has 0 bridgehead atoms. The SMILES string of the molecule is O=C(c1cc(Nc2ccccc2Br)ncn1)N1CCCCC1. The standard InChI is InChI=1S/C16H17BrN4O/c17-12-6-2-3-7-13(12)20-15-10-14(18-11-19-15)16(22)21-8-4-1-5-9-21/h2-3,6-7,10-11H,1,4-5,8-9H2,(H,18,19,20). The van der Waals surface area contributed by atoms with Gasteiger partial charge in [0.25, 0.3) is 5.91 Å². The average Bonchev–Trinajstić information content (AvgIpc) is 2.57.